The third-order valence-electron chi connectivity index (χ3n) is 3.03. The van der Waals surface area contributed by atoms with Crippen LogP contribution in [0.1, 0.15) is 0 Å². The SMILES string of the molecule is Nc1c(Br)cc(Br)cc1-c1nc(N2CCOCC2)no1. The summed E-state index contributed by atoms with van der Waals surface area (Å²) in [5.74, 6) is 0.977. The van der Waals surface area contributed by atoms with Gasteiger partial charge in [0.1, 0.15) is 0 Å². The molecule has 2 N–H and O–H groups in total. The van der Waals surface area contributed by atoms with Crippen LogP contribution in [0.5, 0.6) is 0 Å². The van der Waals surface area contributed by atoms with Gasteiger partial charge < -0.3 is 19.9 Å². The van der Waals surface area contributed by atoms with Crippen molar-refractivity contribution in [1.82, 2.24) is 10.1 Å². The first-order valence-electron chi connectivity index (χ1n) is 6.06. The van der Waals surface area contributed by atoms with Gasteiger partial charge in [-0.1, -0.05) is 15.9 Å². The van der Waals surface area contributed by atoms with Crippen LogP contribution in [-0.2, 0) is 4.74 Å². The van der Waals surface area contributed by atoms with E-state index in [2.05, 4.69) is 42.0 Å². The molecule has 0 aliphatic carbocycles. The topological polar surface area (TPSA) is 77.4 Å². The Hall–Kier alpha value is -1.12. The molecule has 1 fully saturated rings. The number of nitrogen functional groups attached to an aromatic ring is 1. The van der Waals surface area contributed by atoms with Gasteiger partial charge >= 0.3 is 0 Å². The lowest BCUT2D eigenvalue weighted by Gasteiger charge is -2.24. The molecule has 0 unspecified atom stereocenters. The summed E-state index contributed by atoms with van der Waals surface area (Å²) in [5, 5.41) is 4.01. The Morgan fingerprint density at radius 3 is 2.70 bits per heavy atom. The number of nitrogens with two attached hydrogens (primary N) is 1. The van der Waals surface area contributed by atoms with E-state index in [1.54, 1.807) is 0 Å². The number of hydrogen-bond donors (Lipinski definition) is 1. The van der Waals surface area contributed by atoms with Gasteiger partial charge in [0.15, 0.2) is 0 Å². The number of hydrogen-bond acceptors (Lipinski definition) is 6. The fraction of sp³-hybridized carbons (Fsp3) is 0.333. The summed E-state index contributed by atoms with van der Waals surface area (Å²) in [5.41, 5.74) is 7.32. The predicted octanol–water partition coefficient (Wildman–Crippen LogP) is 2.68. The average Bonchev–Trinajstić information content (AvgIpc) is 2.93. The number of nitrogens with zero attached hydrogens (tertiary/aromatic N) is 3. The van der Waals surface area contributed by atoms with Crippen molar-refractivity contribution in [2.45, 2.75) is 0 Å². The first-order valence-corrected chi connectivity index (χ1v) is 7.65. The molecule has 0 saturated carbocycles. The molecule has 1 aromatic heterocycles. The first kappa shape index (κ1) is 13.8. The summed E-state index contributed by atoms with van der Waals surface area (Å²) in [4.78, 5) is 6.45. The van der Waals surface area contributed by atoms with Crippen molar-refractivity contribution in [3.63, 3.8) is 0 Å². The minimum atomic E-state index is 0.408. The van der Waals surface area contributed by atoms with Crippen LogP contribution in [0.4, 0.5) is 11.6 Å². The second kappa shape index (κ2) is 5.71. The summed E-state index contributed by atoms with van der Waals surface area (Å²) >= 11 is 6.83. The Labute approximate surface area is 132 Å². The lowest BCUT2D eigenvalue weighted by atomic mass is 10.2. The molecule has 2 heterocycles. The van der Waals surface area contributed by atoms with E-state index in [1.807, 2.05) is 17.0 Å². The van der Waals surface area contributed by atoms with E-state index >= 15 is 0 Å². The summed E-state index contributed by atoms with van der Waals surface area (Å²) in [6.07, 6.45) is 0. The van der Waals surface area contributed by atoms with Crippen molar-refractivity contribution in [3.05, 3.63) is 21.1 Å². The van der Waals surface area contributed by atoms with Crippen molar-refractivity contribution in [2.24, 2.45) is 0 Å². The molecule has 0 radical (unpaired) electrons. The third kappa shape index (κ3) is 2.68. The van der Waals surface area contributed by atoms with Crippen molar-refractivity contribution in [3.8, 4) is 11.5 Å². The maximum atomic E-state index is 6.04. The second-order valence-electron chi connectivity index (χ2n) is 4.35. The van der Waals surface area contributed by atoms with Gasteiger partial charge in [-0.3, -0.25) is 0 Å². The first-order chi connectivity index (χ1) is 9.65. The largest absolute Gasteiger partial charge is 0.397 e. The van der Waals surface area contributed by atoms with Crippen molar-refractivity contribution < 1.29 is 9.26 Å². The third-order valence-corrected chi connectivity index (χ3v) is 4.15. The molecule has 1 aliphatic heterocycles. The number of halogens is 2. The summed E-state index contributed by atoms with van der Waals surface area (Å²) < 4.78 is 12.3. The Morgan fingerprint density at radius 1 is 1.20 bits per heavy atom. The van der Waals surface area contributed by atoms with Gasteiger partial charge in [0, 0.05) is 22.0 Å². The van der Waals surface area contributed by atoms with Gasteiger partial charge in [0.2, 0.25) is 0 Å². The van der Waals surface area contributed by atoms with E-state index in [0.717, 1.165) is 22.0 Å². The number of anilines is 2. The fourth-order valence-corrected chi connectivity index (χ4v) is 3.20. The second-order valence-corrected chi connectivity index (χ2v) is 6.12. The number of morpholine rings is 1. The molecule has 1 saturated heterocycles. The molecule has 6 nitrogen and oxygen atoms in total. The monoisotopic (exact) mass is 402 g/mol. The highest BCUT2D eigenvalue weighted by atomic mass is 79.9. The minimum Gasteiger partial charge on any atom is -0.397 e. The summed E-state index contributed by atoms with van der Waals surface area (Å²) in [7, 11) is 0. The normalized spacial score (nSPS) is 15.6. The zero-order chi connectivity index (χ0) is 14.1. The highest BCUT2D eigenvalue weighted by Gasteiger charge is 2.19. The van der Waals surface area contributed by atoms with Crippen LogP contribution in [0.15, 0.2) is 25.6 Å². The quantitative estimate of drug-likeness (QED) is 0.776. The van der Waals surface area contributed by atoms with Crippen molar-refractivity contribution >= 4 is 43.5 Å². The number of aromatic nitrogens is 2. The van der Waals surface area contributed by atoms with Gasteiger partial charge in [0.05, 0.1) is 24.5 Å². The average molecular weight is 404 g/mol. The van der Waals surface area contributed by atoms with Crippen LogP contribution in [0.2, 0.25) is 0 Å². The molecule has 106 valence electrons. The molecule has 3 rings (SSSR count). The number of rotatable bonds is 2. The number of benzene rings is 1. The Kier molecular flexibility index (Phi) is 3.95. The van der Waals surface area contributed by atoms with Gasteiger partial charge in [-0.2, -0.15) is 4.98 Å². The van der Waals surface area contributed by atoms with E-state index in [-0.39, 0.29) is 0 Å². The highest BCUT2D eigenvalue weighted by Crippen LogP contribution is 2.34. The lowest BCUT2D eigenvalue weighted by molar-refractivity contribution is 0.121. The molecule has 0 bridgehead atoms. The zero-order valence-electron chi connectivity index (χ0n) is 10.5. The minimum absolute atomic E-state index is 0.408. The van der Waals surface area contributed by atoms with Gasteiger partial charge in [-0.25, -0.2) is 0 Å². The van der Waals surface area contributed by atoms with E-state index in [4.69, 9.17) is 15.0 Å². The maximum Gasteiger partial charge on any atom is 0.266 e. The molecule has 1 aromatic carbocycles. The lowest BCUT2D eigenvalue weighted by Crippen LogP contribution is -2.36. The zero-order valence-corrected chi connectivity index (χ0v) is 13.6. The smallest absolute Gasteiger partial charge is 0.266 e. The van der Waals surface area contributed by atoms with Gasteiger partial charge in [0.25, 0.3) is 11.8 Å². The van der Waals surface area contributed by atoms with Crippen molar-refractivity contribution in [1.29, 1.82) is 0 Å². The van der Waals surface area contributed by atoms with E-state index in [9.17, 15) is 0 Å². The van der Waals surface area contributed by atoms with Crippen LogP contribution in [-0.4, -0.2) is 36.4 Å². The van der Waals surface area contributed by atoms with Crippen LogP contribution in [0.3, 0.4) is 0 Å². The van der Waals surface area contributed by atoms with Crippen LogP contribution >= 0.6 is 31.9 Å². The molecule has 0 amide bonds. The molecule has 8 heteroatoms. The molecule has 1 aliphatic rings. The van der Waals surface area contributed by atoms with Crippen LogP contribution < -0.4 is 10.6 Å². The Balaban J connectivity index is 1.93. The van der Waals surface area contributed by atoms with Gasteiger partial charge in [-0.15, -0.1) is 0 Å². The van der Waals surface area contributed by atoms with E-state index in [0.29, 0.717) is 36.3 Å². The van der Waals surface area contributed by atoms with Crippen molar-refractivity contribution in [2.75, 3.05) is 36.9 Å². The maximum absolute atomic E-state index is 6.04. The summed E-state index contributed by atoms with van der Waals surface area (Å²) in [6, 6.07) is 3.73. The van der Waals surface area contributed by atoms with Gasteiger partial charge in [-0.05, 0) is 33.2 Å². The predicted molar refractivity (Wildman–Crippen MR) is 82.6 cm³/mol. The molecular weight excluding hydrogens is 392 g/mol. The Bertz CT molecular complexity index is 626. The molecule has 2 aromatic rings. The highest BCUT2D eigenvalue weighted by molar-refractivity contribution is 9.11. The Morgan fingerprint density at radius 2 is 1.95 bits per heavy atom. The van der Waals surface area contributed by atoms with Crippen LogP contribution in [0, 0.1) is 0 Å². The van der Waals surface area contributed by atoms with Crippen LogP contribution in [0.25, 0.3) is 11.5 Å². The molecular formula is C12H12Br2N4O2. The van der Waals surface area contributed by atoms with E-state index in [1.165, 1.54) is 0 Å². The standard InChI is InChI=1S/C12H12Br2N4O2/c13-7-5-8(10(15)9(14)6-7)11-16-12(17-20-11)18-1-3-19-4-2-18/h5-6H,1-4,15H2. The number of ether oxygens (including phenoxy) is 1. The molecule has 0 atom stereocenters. The fourth-order valence-electron chi connectivity index (χ4n) is 1.98. The summed E-state index contributed by atoms with van der Waals surface area (Å²) in [6.45, 7) is 2.87. The van der Waals surface area contributed by atoms with E-state index < -0.39 is 0 Å². The molecule has 0 spiro atoms. The molecule has 20 heavy (non-hydrogen) atoms.